The lowest BCUT2D eigenvalue weighted by atomic mass is 10.0. The monoisotopic (exact) mass is 444 g/mol. The fourth-order valence-electron chi connectivity index (χ4n) is 3.25. The highest BCUT2D eigenvalue weighted by Gasteiger charge is 2.09. The van der Waals surface area contributed by atoms with Crippen molar-refractivity contribution in [2.45, 2.75) is 6.42 Å². The van der Waals surface area contributed by atoms with Crippen molar-refractivity contribution in [1.29, 1.82) is 0 Å². The van der Waals surface area contributed by atoms with Gasteiger partial charge in [0.25, 0.3) is 0 Å². The molecule has 0 fully saturated rings. The van der Waals surface area contributed by atoms with E-state index in [4.69, 9.17) is 14.0 Å². The standard InChI is InChI=1S/C26H24N2O5/c1-18(20-9-11-22(12-10-20)21-5-3-2-4-6-21)28-32-16-15-31-23-13-7-19(8-14-23)17-24-25(29)27-26(30)33-24/h2-14,28-29H,1,15-17H2,(H,27,30). The Hall–Kier alpha value is -4.23. The first-order valence-corrected chi connectivity index (χ1v) is 10.4. The minimum Gasteiger partial charge on any atom is -0.492 e. The first-order chi connectivity index (χ1) is 16.1. The zero-order chi connectivity index (χ0) is 23.0. The summed E-state index contributed by atoms with van der Waals surface area (Å²) in [7, 11) is 0. The van der Waals surface area contributed by atoms with Gasteiger partial charge in [0.2, 0.25) is 5.88 Å². The van der Waals surface area contributed by atoms with Crippen LogP contribution in [0.1, 0.15) is 16.9 Å². The lowest BCUT2D eigenvalue weighted by molar-refractivity contribution is 0.0541. The van der Waals surface area contributed by atoms with Crippen LogP contribution in [0.2, 0.25) is 0 Å². The minimum atomic E-state index is -0.678. The predicted molar refractivity (Wildman–Crippen MR) is 126 cm³/mol. The van der Waals surface area contributed by atoms with Crippen molar-refractivity contribution in [3.05, 3.63) is 113 Å². The molecule has 0 amide bonds. The lowest BCUT2D eigenvalue weighted by Gasteiger charge is -2.12. The number of hydrogen-bond donors (Lipinski definition) is 3. The maximum Gasteiger partial charge on any atom is 0.419 e. The summed E-state index contributed by atoms with van der Waals surface area (Å²) in [5.41, 5.74) is 7.63. The second kappa shape index (κ2) is 10.4. The molecule has 0 saturated heterocycles. The molecule has 4 rings (SSSR count). The van der Waals surface area contributed by atoms with Gasteiger partial charge in [-0.2, -0.15) is 0 Å². The van der Waals surface area contributed by atoms with Gasteiger partial charge in [-0.15, -0.1) is 0 Å². The molecule has 0 bridgehead atoms. The molecule has 3 aromatic carbocycles. The summed E-state index contributed by atoms with van der Waals surface area (Å²) in [5.74, 6) is -0.0536. The number of aromatic nitrogens is 1. The van der Waals surface area contributed by atoms with E-state index in [0.29, 0.717) is 31.1 Å². The Morgan fingerprint density at radius 3 is 2.30 bits per heavy atom. The number of hydroxylamine groups is 1. The van der Waals surface area contributed by atoms with Gasteiger partial charge in [0.1, 0.15) is 19.0 Å². The Kier molecular flexibility index (Phi) is 6.92. The third kappa shape index (κ3) is 5.93. The molecular formula is C26H24N2O5. The first-order valence-electron chi connectivity index (χ1n) is 10.4. The van der Waals surface area contributed by atoms with Crippen LogP contribution in [0.15, 0.2) is 94.7 Å². The molecule has 0 unspecified atom stereocenters. The fraction of sp³-hybridized carbons (Fsp3) is 0.115. The van der Waals surface area contributed by atoms with Crippen molar-refractivity contribution in [3.63, 3.8) is 0 Å². The molecule has 0 aliphatic rings. The van der Waals surface area contributed by atoms with Gasteiger partial charge in [-0.05, 0) is 34.4 Å². The molecule has 7 nitrogen and oxygen atoms in total. The summed E-state index contributed by atoms with van der Waals surface area (Å²) in [4.78, 5) is 18.7. The van der Waals surface area contributed by atoms with E-state index >= 15 is 0 Å². The molecule has 4 aromatic rings. The Morgan fingerprint density at radius 1 is 0.939 bits per heavy atom. The molecule has 0 atom stereocenters. The van der Waals surface area contributed by atoms with E-state index in [1.807, 2.05) is 42.5 Å². The van der Waals surface area contributed by atoms with Crippen LogP contribution in [0.4, 0.5) is 0 Å². The van der Waals surface area contributed by atoms with Crippen LogP contribution in [0.25, 0.3) is 16.8 Å². The molecule has 0 spiro atoms. The third-order valence-corrected chi connectivity index (χ3v) is 4.98. The maximum atomic E-state index is 11.1. The van der Waals surface area contributed by atoms with Crippen LogP contribution < -0.4 is 16.0 Å². The zero-order valence-corrected chi connectivity index (χ0v) is 17.9. The highest BCUT2D eigenvalue weighted by Crippen LogP contribution is 2.21. The van der Waals surface area contributed by atoms with Gasteiger partial charge >= 0.3 is 5.76 Å². The number of aromatic amines is 1. The van der Waals surface area contributed by atoms with Crippen molar-refractivity contribution in [1.82, 2.24) is 10.5 Å². The van der Waals surface area contributed by atoms with Crippen molar-refractivity contribution in [2.75, 3.05) is 13.2 Å². The van der Waals surface area contributed by atoms with Crippen molar-refractivity contribution >= 4 is 5.70 Å². The van der Waals surface area contributed by atoms with Crippen LogP contribution in [-0.4, -0.2) is 23.3 Å². The number of nitrogens with one attached hydrogen (secondary N) is 2. The van der Waals surface area contributed by atoms with Crippen LogP contribution in [0.3, 0.4) is 0 Å². The second-order valence-electron chi connectivity index (χ2n) is 7.33. The van der Waals surface area contributed by atoms with Crippen LogP contribution in [-0.2, 0) is 11.3 Å². The van der Waals surface area contributed by atoms with Crippen molar-refractivity contribution in [3.8, 4) is 22.8 Å². The molecule has 168 valence electrons. The number of ether oxygens (including phenoxy) is 1. The number of H-pyrrole nitrogens is 1. The number of rotatable bonds is 10. The number of hydrogen-bond acceptors (Lipinski definition) is 6. The van der Waals surface area contributed by atoms with Crippen molar-refractivity contribution in [2.24, 2.45) is 0 Å². The molecule has 7 heteroatoms. The highest BCUT2D eigenvalue weighted by molar-refractivity contribution is 5.68. The third-order valence-electron chi connectivity index (χ3n) is 4.98. The Balaban J connectivity index is 1.18. The van der Waals surface area contributed by atoms with Crippen molar-refractivity contribution < 1.29 is 19.1 Å². The van der Waals surface area contributed by atoms with E-state index in [2.05, 4.69) is 41.3 Å². The molecule has 0 aliphatic heterocycles. The number of oxazole rings is 1. The average Bonchev–Trinajstić information content (AvgIpc) is 3.16. The molecule has 33 heavy (non-hydrogen) atoms. The van der Waals surface area contributed by atoms with Gasteiger partial charge in [-0.1, -0.05) is 73.3 Å². The summed E-state index contributed by atoms with van der Waals surface area (Å²) in [6.45, 7) is 4.68. The summed E-state index contributed by atoms with van der Waals surface area (Å²) >= 11 is 0. The molecule has 0 radical (unpaired) electrons. The maximum absolute atomic E-state index is 11.1. The summed E-state index contributed by atoms with van der Waals surface area (Å²) < 4.78 is 10.6. The Bertz CT molecular complexity index is 1240. The van der Waals surface area contributed by atoms with E-state index in [0.717, 1.165) is 16.7 Å². The molecule has 1 aromatic heterocycles. The number of benzene rings is 3. The number of aromatic hydroxyl groups is 1. The van der Waals surface area contributed by atoms with Crippen LogP contribution in [0, 0.1) is 0 Å². The zero-order valence-electron chi connectivity index (χ0n) is 17.9. The molecule has 3 N–H and O–H groups in total. The van der Waals surface area contributed by atoms with E-state index in [9.17, 15) is 9.90 Å². The molecule has 1 heterocycles. The molecule has 0 aliphatic carbocycles. The normalized spacial score (nSPS) is 10.7. The van der Waals surface area contributed by atoms with Gasteiger partial charge in [0.15, 0.2) is 5.76 Å². The average molecular weight is 444 g/mol. The predicted octanol–water partition coefficient (Wildman–Crippen LogP) is 4.50. The summed E-state index contributed by atoms with van der Waals surface area (Å²) in [5, 5.41) is 9.59. The van der Waals surface area contributed by atoms with E-state index < -0.39 is 5.76 Å². The Labute approximate surface area is 190 Å². The van der Waals surface area contributed by atoms with Crippen LogP contribution in [0.5, 0.6) is 11.6 Å². The van der Waals surface area contributed by atoms with E-state index in [1.54, 1.807) is 12.1 Å². The summed E-state index contributed by atoms with van der Waals surface area (Å²) in [6, 6.07) is 25.6. The topological polar surface area (TPSA) is 96.7 Å². The van der Waals surface area contributed by atoms with Gasteiger partial charge < -0.3 is 14.3 Å². The quantitative estimate of drug-likeness (QED) is 0.246. The summed E-state index contributed by atoms with van der Waals surface area (Å²) in [6.07, 6.45) is 0.298. The first kappa shape index (κ1) is 22.0. The Morgan fingerprint density at radius 2 is 1.64 bits per heavy atom. The molecular weight excluding hydrogens is 420 g/mol. The van der Waals surface area contributed by atoms with E-state index in [1.165, 1.54) is 5.56 Å². The van der Waals surface area contributed by atoms with Crippen LogP contribution >= 0.6 is 0 Å². The largest absolute Gasteiger partial charge is 0.492 e. The van der Waals surface area contributed by atoms with Gasteiger partial charge in [-0.3, -0.25) is 15.3 Å². The van der Waals surface area contributed by atoms with Gasteiger partial charge in [0, 0.05) is 6.42 Å². The van der Waals surface area contributed by atoms with E-state index in [-0.39, 0.29) is 11.6 Å². The fourth-order valence-corrected chi connectivity index (χ4v) is 3.25. The highest BCUT2D eigenvalue weighted by atomic mass is 16.7. The molecule has 0 saturated carbocycles. The van der Waals surface area contributed by atoms with Gasteiger partial charge in [0.05, 0.1) is 5.70 Å². The lowest BCUT2D eigenvalue weighted by Crippen LogP contribution is -2.17. The second-order valence-corrected chi connectivity index (χ2v) is 7.33. The SMILES string of the molecule is C=C(NOCCOc1ccc(Cc2oc(=O)[nH]c2O)cc1)c1ccc(-c2ccccc2)cc1. The van der Waals surface area contributed by atoms with Gasteiger partial charge in [-0.25, -0.2) is 4.79 Å². The minimum absolute atomic E-state index is 0.197. The smallest absolute Gasteiger partial charge is 0.419 e.